The lowest BCUT2D eigenvalue weighted by molar-refractivity contribution is -0.115. The summed E-state index contributed by atoms with van der Waals surface area (Å²) in [6, 6.07) is 1.87. The Bertz CT molecular complexity index is 505. The van der Waals surface area contributed by atoms with E-state index < -0.39 is 0 Å². The molecule has 0 bridgehead atoms. The van der Waals surface area contributed by atoms with Gasteiger partial charge < -0.3 is 10.6 Å². The van der Waals surface area contributed by atoms with E-state index in [0.717, 1.165) is 11.4 Å². The van der Waals surface area contributed by atoms with Gasteiger partial charge in [0.25, 0.3) is 5.91 Å². The smallest absolute Gasteiger partial charge is 0.275 e. The Hall–Kier alpha value is -2.02. The molecule has 0 spiro atoms. The molecule has 0 unspecified atom stereocenters. The van der Waals surface area contributed by atoms with Crippen LogP contribution in [-0.4, -0.2) is 21.0 Å². The number of nitrogens with zero attached hydrogens (tertiary/aromatic N) is 2. The van der Waals surface area contributed by atoms with Crippen LogP contribution in [0, 0.1) is 13.8 Å². The first kappa shape index (κ1) is 11.5. The van der Waals surface area contributed by atoms with Crippen LogP contribution >= 0.6 is 12.2 Å². The molecule has 17 heavy (non-hydrogen) atoms. The van der Waals surface area contributed by atoms with Gasteiger partial charge in [0, 0.05) is 17.6 Å². The minimum atomic E-state index is -0.271. The van der Waals surface area contributed by atoms with Crippen LogP contribution in [0.4, 0.5) is 5.95 Å². The van der Waals surface area contributed by atoms with E-state index in [0.29, 0.717) is 16.8 Å². The number of hydrogen-bond acceptors (Lipinski definition) is 5. The molecule has 6 nitrogen and oxygen atoms in total. The van der Waals surface area contributed by atoms with Gasteiger partial charge in [0.15, 0.2) is 5.11 Å². The van der Waals surface area contributed by atoms with Crippen LogP contribution < -0.4 is 16.0 Å². The molecule has 88 valence electrons. The number of aromatic nitrogens is 2. The highest BCUT2D eigenvalue weighted by atomic mass is 32.1. The summed E-state index contributed by atoms with van der Waals surface area (Å²) in [5.74, 6) is 0.175. The summed E-state index contributed by atoms with van der Waals surface area (Å²) in [6.45, 7) is 3.76. The van der Waals surface area contributed by atoms with Crippen molar-refractivity contribution in [2.24, 2.45) is 0 Å². The van der Waals surface area contributed by atoms with Crippen LogP contribution in [0.3, 0.4) is 0 Å². The summed E-state index contributed by atoms with van der Waals surface area (Å²) in [5.41, 5.74) is 2.06. The fourth-order valence-electron chi connectivity index (χ4n) is 1.41. The van der Waals surface area contributed by atoms with Gasteiger partial charge in [-0.25, -0.2) is 9.97 Å². The van der Waals surface area contributed by atoms with Crippen molar-refractivity contribution in [2.45, 2.75) is 13.8 Å². The molecule has 7 heteroatoms. The van der Waals surface area contributed by atoms with E-state index in [1.165, 1.54) is 6.20 Å². The van der Waals surface area contributed by atoms with Gasteiger partial charge in [0.1, 0.15) is 5.70 Å². The van der Waals surface area contributed by atoms with E-state index in [2.05, 4.69) is 25.9 Å². The topological polar surface area (TPSA) is 78.9 Å². The van der Waals surface area contributed by atoms with Gasteiger partial charge in [-0.1, -0.05) is 0 Å². The molecule has 0 atom stereocenters. The van der Waals surface area contributed by atoms with Crippen molar-refractivity contribution in [3.05, 3.63) is 29.4 Å². The molecule has 2 rings (SSSR count). The first-order valence-electron chi connectivity index (χ1n) is 4.96. The van der Waals surface area contributed by atoms with Crippen LogP contribution in [0.5, 0.6) is 0 Å². The van der Waals surface area contributed by atoms with Crippen LogP contribution in [0.25, 0.3) is 0 Å². The Balaban J connectivity index is 2.14. The molecule has 0 radical (unpaired) electrons. The molecule has 0 aliphatic carbocycles. The van der Waals surface area contributed by atoms with E-state index in [-0.39, 0.29) is 5.91 Å². The lowest BCUT2D eigenvalue weighted by Gasteiger charge is -2.02. The highest BCUT2D eigenvalue weighted by molar-refractivity contribution is 7.80. The Morgan fingerprint density at radius 1 is 1.29 bits per heavy atom. The fraction of sp³-hybridized carbons (Fsp3) is 0.200. The maximum absolute atomic E-state index is 11.3. The third-order valence-electron chi connectivity index (χ3n) is 2.05. The zero-order valence-corrected chi connectivity index (χ0v) is 10.2. The molecule has 3 N–H and O–H groups in total. The Morgan fingerprint density at radius 3 is 2.47 bits per heavy atom. The molecule has 1 aliphatic heterocycles. The van der Waals surface area contributed by atoms with Crippen molar-refractivity contribution in [3.63, 3.8) is 0 Å². The monoisotopic (exact) mass is 249 g/mol. The first-order valence-corrected chi connectivity index (χ1v) is 5.37. The number of hydrogen-bond donors (Lipinski definition) is 3. The van der Waals surface area contributed by atoms with Crippen LogP contribution in [0.15, 0.2) is 18.0 Å². The molecule has 0 saturated carbocycles. The largest absolute Gasteiger partial charge is 0.328 e. The molecule has 0 aromatic carbocycles. The highest BCUT2D eigenvalue weighted by Gasteiger charge is 2.19. The second-order valence-electron chi connectivity index (χ2n) is 3.58. The summed E-state index contributed by atoms with van der Waals surface area (Å²) in [5, 5.41) is 8.32. The minimum absolute atomic E-state index is 0.271. The summed E-state index contributed by atoms with van der Waals surface area (Å²) < 4.78 is 0. The molecule has 1 fully saturated rings. The normalized spacial score (nSPS) is 16.9. The van der Waals surface area contributed by atoms with E-state index in [4.69, 9.17) is 12.2 Å². The summed E-state index contributed by atoms with van der Waals surface area (Å²) in [6.07, 6.45) is 1.49. The maximum atomic E-state index is 11.3. The molecule has 1 aromatic heterocycles. The standard InChI is InChI=1S/C10H11N5OS/c1-5-3-6(2)13-9(12-5)11-4-7-8(16)15-10(17)14-7/h3-4H,1-2H3,(H,11,12,13)(H2,14,15,16,17). The van der Waals surface area contributed by atoms with E-state index in [1.807, 2.05) is 19.9 Å². The molecule has 1 aliphatic rings. The number of nitrogens with one attached hydrogen (secondary N) is 3. The quantitative estimate of drug-likeness (QED) is 0.518. The predicted octanol–water partition coefficient (Wildman–Crippen LogP) is 0.351. The van der Waals surface area contributed by atoms with Crippen molar-refractivity contribution in [1.82, 2.24) is 20.6 Å². The number of thiocarbonyl (C=S) groups is 1. The van der Waals surface area contributed by atoms with E-state index >= 15 is 0 Å². The van der Waals surface area contributed by atoms with Crippen LogP contribution in [-0.2, 0) is 4.79 Å². The van der Waals surface area contributed by atoms with Crippen molar-refractivity contribution in [3.8, 4) is 0 Å². The SMILES string of the molecule is Cc1cc(C)nc(NC=C2NC(=S)NC2=O)n1. The van der Waals surface area contributed by atoms with Crippen LogP contribution in [0.2, 0.25) is 0 Å². The van der Waals surface area contributed by atoms with E-state index in [9.17, 15) is 4.79 Å². The lowest BCUT2D eigenvalue weighted by Crippen LogP contribution is -2.21. The molecular weight excluding hydrogens is 238 g/mol. The summed E-state index contributed by atoms with van der Waals surface area (Å²) >= 11 is 4.80. The van der Waals surface area contributed by atoms with Gasteiger partial charge in [-0.2, -0.15) is 0 Å². The molecular formula is C10H11N5OS. The highest BCUT2D eigenvalue weighted by Crippen LogP contribution is 2.05. The van der Waals surface area contributed by atoms with Crippen LogP contribution in [0.1, 0.15) is 11.4 Å². The minimum Gasteiger partial charge on any atom is -0.328 e. The third kappa shape index (κ3) is 2.76. The second-order valence-corrected chi connectivity index (χ2v) is 3.99. The molecule has 1 saturated heterocycles. The Labute approximate surface area is 104 Å². The van der Waals surface area contributed by atoms with Gasteiger partial charge in [-0.15, -0.1) is 0 Å². The molecule has 2 heterocycles. The van der Waals surface area contributed by atoms with Gasteiger partial charge in [-0.3, -0.25) is 10.1 Å². The summed E-state index contributed by atoms with van der Waals surface area (Å²) in [4.78, 5) is 19.7. The van der Waals surface area contributed by atoms with Gasteiger partial charge in [0.2, 0.25) is 5.95 Å². The maximum Gasteiger partial charge on any atom is 0.275 e. The van der Waals surface area contributed by atoms with Gasteiger partial charge >= 0.3 is 0 Å². The zero-order chi connectivity index (χ0) is 12.4. The number of anilines is 1. The van der Waals surface area contributed by atoms with Crippen molar-refractivity contribution >= 4 is 29.2 Å². The number of aryl methyl sites for hydroxylation is 2. The Kier molecular flexibility index (Phi) is 3.01. The van der Waals surface area contributed by atoms with Gasteiger partial charge in [-0.05, 0) is 32.1 Å². The fourth-order valence-corrected chi connectivity index (χ4v) is 1.61. The van der Waals surface area contributed by atoms with Crippen molar-refractivity contribution < 1.29 is 4.79 Å². The molecule has 1 amide bonds. The van der Waals surface area contributed by atoms with Gasteiger partial charge in [0.05, 0.1) is 0 Å². The van der Waals surface area contributed by atoms with Crippen molar-refractivity contribution in [2.75, 3.05) is 5.32 Å². The zero-order valence-electron chi connectivity index (χ0n) is 9.37. The lowest BCUT2D eigenvalue weighted by atomic mass is 10.4. The number of rotatable bonds is 2. The predicted molar refractivity (Wildman–Crippen MR) is 67.1 cm³/mol. The average molecular weight is 249 g/mol. The third-order valence-corrected chi connectivity index (χ3v) is 2.25. The summed E-state index contributed by atoms with van der Waals surface area (Å²) in [7, 11) is 0. The van der Waals surface area contributed by atoms with Crippen molar-refractivity contribution in [1.29, 1.82) is 0 Å². The number of carbonyl (C=O) groups is 1. The second kappa shape index (κ2) is 4.46. The van der Waals surface area contributed by atoms with E-state index in [1.54, 1.807) is 0 Å². The number of carbonyl (C=O) groups excluding carboxylic acids is 1. The molecule has 1 aromatic rings. The number of amides is 1. The first-order chi connectivity index (χ1) is 8.04. The Morgan fingerprint density at radius 2 is 1.94 bits per heavy atom. The average Bonchev–Trinajstić information content (AvgIpc) is 2.53.